The van der Waals surface area contributed by atoms with Gasteiger partial charge in [0, 0.05) is 6.54 Å². The number of halogens is 1. The molecule has 1 aliphatic rings. The Bertz CT molecular complexity index is 380. The zero-order valence-electron chi connectivity index (χ0n) is 9.38. The second-order valence-corrected chi connectivity index (χ2v) is 5.15. The van der Waals surface area contributed by atoms with Crippen molar-refractivity contribution in [2.75, 3.05) is 6.54 Å². The average molecular weight is 242 g/mol. The van der Waals surface area contributed by atoms with Gasteiger partial charge < -0.3 is 9.73 Å². The quantitative estimate of drug-likeness (QED) is 0.883. The van der Waals surface area contributed by atoms with Crippen molar-refractivity contribution in [3.8, 4) is 0 Å². The highest BCUT2D eigenvalue weighted by Gasteiger charge is 2.29. The summed E-state index contributed by atoms with van der Waals surface area (Å²) in [5.74, 6) is -0.146. The third-order valence-corrected chi connectivity index (χ3v) is 3.64. The lowest BCUT2D eigenvalue weighted by molar-refractivity contribution is 0.0934. The molecule has 0 spiro atoms. The fourth-order valence-electron chi connectivity index (χ4n) is 2.25. The highest BCUT2D eigenvalue weighted by molar-refractivity contribution is 6.32. The lowest BCUT2D eigenvalue weighted by atomic mass is 9.89. The molecule has 1 aromatic heterocycles. The molecular formula is C12H16ClNO2. The van der Waals surface area contributed by atoms with Crippen LogP contribution in [-0.2, 0) is 0 Å². The zero-order valence-corrected chi connectivity index (χ0v) is 10.1. The number of rotatable bonds is 3. The summed E-state index contributed by atoms with van der Waals surface area (Å²) in [6, 6.07) is 1.59. The van der Waals surface area contributed by atoms with Crippen molar-refractivity contribution in [1.82, 2.24) is 5.32 Å². The van der Waals surface area contributed by atoms with Crippen molar-refractivity contribution in [3.63, 3.8) is 0 Å². The van der Waals surface area contributed by atoms with Crippen LogP contribution in [0.4, 0.5) is 0 Å². The number of amides is 1. The van der Waals surface area contributed by atoms with Crippen LogP contribution in [0.25, 0.3) is 0 Å². The van der Waals surface area contributed by atoms with E-state index in [4.69, 9.17) is 16.0 Å². The lowest BCUT2D eigenvalue weighted by Crippen LogP contribution is -2.34. The molecule has 2 rings (SSSR count). The second kappa shape index (κ2) is 4.50. The topological polar surface area (TPSA) is 42.2 Å². The molecule has 1 fully saturated rings. The summed E-state index contributed by atoms with van der Waals surface area (Å²) in [6.07, 6.45) is 6.32. The van der Waals surface area contributed by atoms with Gasteiger partial charge in [-0.3, -0.25) is 4.79 Å². The van der Waals surface area contributed by atoms with E-state index >= 15 is 0 Å². The molecule has 1 heterocycles. The van der Waals surface area contributed by atoms with Crippen LogP contribution in [0.5, 0.6) is 0 Å². The largest absolute Gasteiger partial charge is 0.452 e. The number of hydrogen-bond acceptors (Lipinski definition) is 2. The Kier molecular flexibility index (Phi) is 3.24. The van der Waals surface area contributed by atoms with Gasteiger partial charge in [0.15, 0.2) is 0 Å². The molecule has 4 heteroatoms. The van der Waals surface area contributed by atoms with Crippen molar-refractivity contribution in [2.24, 2.45) is 5.41 Å². The Labute approximate surface area is 100 Å². The predicted molar refractivity (Wildman–Crippen MR) is 62.6 cm³/mol. The molecule has 88 valence electrons. The van der Waals surface area contributed by atoms with Crippen molar-refractivity contribution >= 4 is 17.5 Å². The van der Waals surface area contributed by atoms with Crippen molar-refractivity contribution < 1.29 is 9.21 Å². The van der Waals surface area contributed by atoms with Crippen LogP contribution in [0.1, 0.15) is 43.0 Å². The number of nitrogens with one attached hydrogen (secondary N) is 1. The van der Waals surface area contributed by atoms with E-state index in [1.54, 1.807) is 6.07 Å². The van der Waals surface area contributed by atoms with Gasteiger partial charge in [-0.2, -0.15) is 0 Å². The highest BCUT2D eigenvalue weighted by Crippen LogP contribution is 2.36. The summed E-state index contributed by atoms with van der Waals surface area (Å²) in [4.78, 5) is 11.8. The lowest BCUT2D eigenvalue weighted by Gasteiger charge is -2.23. The molecule has 3 nitrogen and oxygen atoms in total. The van der Waals surface area contributed by atoms with Crippen LogP contribution in [0, 0.1) is 5.41 Å². The normalized spacial score (nSPS) is 18.6. The fourth-order valence-corrected chi connectivity index (χ4v) is 2.45. The minimum absolute atomic E-state index is 0.146. The monoisotopic (exact) mass is 241 g/mol. The van der Waals surface area contributed by atoms with Gasteiger partial charge in [0.2, 0.25) is 5.22 Å². The third-order valence-electron chi connectivity index (χ3n) is 3.35. The first-order valence-corrected chi connectivity index (χ1v) is 6.00. The van der Waals surface area contributed by atoms with E-state index < -0.39 is 0 Å². The Morgan fingerprint density at radius 3 is 2.81 bits per heavy atom. The first kappa shape index (κ1) is 11.5. The molecule has 1 amide bonds. The van der Waals surface area contributed by atoms with Crippen molar-refractivity contribution in [3.05, 3.63) is 23.1 Å². The third kappa shape index (κ3) is 2.40. The SMILES string of the molecule is CC1(CNC(=O)c2ccoc2Cl)CCCC1. The van der Waals surface area contributed by atoms with E-state index in [2.05, 4.69) is 12.2 Å². The van der Waals surface area contributed by atoms with Crippen LogP contribution in [-0.4, -0.2) is 12.5 Å². The first-order chi connectivity index (χ1) is 7.61. The maximum Gasteiger partial charge on any atom is 0.256 e. The molecule has 1 N–H and O–H groups in total. The highest BCUT2D eigenvalue weighted by atomic mass is 35.5. The van der Waals surface area contributed by atoms with E-state index in [0.717, 1.165) is 0 Å². The summed E-state index contributed by atoms with van der Waals surface area (Å²) < 4.78 is 4.89. The van der Waals surface area contributed by atoms with Crippen molar-refractivity contribution in [2.45, 2.75) is 32.6 Å². The van der Waals surface area contributed by atoms with E-state index in [-0.39, 0.29) is 16.5 Å². The minimum atomic E-state index is -0.146. The smallest absolute Gasteiger partial charge is 0.256 e. The summed E-state index contributed by atoms with van der Waals surface area (Å²) in [6.45, 7) is 2.94. The van der Waals surface area contributed by atoms with Gasteiger partial charge in [-0.15, -0.1) is 0 Å². The fraction of sp³-hybridized carbons (Fsp3) is 0.583. The maximum absolute atomic E-state index is 11.8. The van der Waals surface area contributed by atoms with Crippen LogP contribution < -0.4 is 5.32 Å². The average Bonchev–Trinajstić information content (AvgIpc) is 2.85. The molecule has 1 aromatic rings. The van der Waals surface area contributed by atoms with E-state index in [0.29, 0.717) is 12.1 Å². The molecule has 0 aromatic carbocycles. The molecule has 0 aliphatic heterocycles. The molecule has 0 radical (unpaired) electrons. The Morgan fingerprint density at radius 2 is 2.25 bits per heavy atom. The predicted octanol–water partition coefficient (Wildman–Crippen LogP) is 3.24. The van der Waals surface area contributed by atoms with Gasteiger partial charge in [0.1, 0.15) is 0 Å². The van der Waals surface area contributed by atoms with Crippen LogP contribution in [0.2, 0.25) is 5.22 Å². The molecule has 0 saturated heterocycles. The molecule has 0 atom stereocenters. The standard InChI is InChI=1S/C12H16ClNO2/c1-12(5-2-3-6-12)8-14-11(15)9-4-7-16-10(9)13/h4,7H,2-3,5-6,8H2,1H3,(H,14,15). The van der Waals surface area contributed by atoms with Gasteiger partial charge in [-0.25, -0.2) is 0 Å². The molecular weight excluding hydrogens is 226 g/mol. The first-order valence-electron chi connectivity index (χ1n) is 5.62. The molecule has 1 aliphatic carbocycles. The molecule has 0 unspecified atom stereocenters. The minimum Gasteiger partial charge on any atom is -0.452 e. The van der Waals surface area contributed by atoms with Gasteiger partial charge in [-0.1, -0.05) is 19.8 Å². The molecule has 0 bridgehead atoms. The number of hydrogen-bond donors (Lipinski definition) is 1. The van der Waals surface area contributed by atoms with E-state index in [9.17, 15) is 4.79 Å². The zero-order chi connectivity index (χ0) is 11.6. The Hall–Kier alpha value is -0.960. The van der Waals surface area contributed by atoms with Gasteiger partial charge in [0.05, 0.1) is 11.8 Å². The molecule has 16 heavy (non-hydrogen) atoms. The second-order valence-electron chi connectivity index (χ2n) is 4.81. The number of furan rings is 1. The van der Waals surface area contributed by atoms with Gasteiger partial charge in [-0.05, 0) is 35.9 Å². The Morgan fingerprint density at radius 1 is 1.56 bits per heavy atom. The van der Waals surface area contributed by atoms with Crippen LogP contribution in [0.15, 0.2) is 16.7 Å². The van der Waals surface area contributed by atoms with E-state index in [1.165, 1.54) is 31.9 Å². The summed E-state index contributed by atoms with van der Waals surface area (Å²) in [7, 11) is 0. The van der Waals surface area contributed by atoms with Crippen LogP contribution >= 0.6 is 11.6 Å². The number of carbonyl (C=O) groups excluding carboxylic acids is 1. The van der Waals surface area contributed by atoms with Crippen molar-refractivity contribution in [1.29, 1.82) is 0 Å². The number of carbonyl (C=O) groups is 1. The van der Waals surface area contributed by atoms with Gasteiger partial charge in [0.25, 0.3) is 5.91 Å². The summed E-state index contributed by atoms with van der Waals surface area (Å²) in [5.41, 5.74) is 0.676. The van der Waals surface area contributed by atoms with E-state index in [1.807, 2.05) is 0 Å². The summed E-state index contributed by atoms with van der Waals surface area (Å²) in [5, 5.41) is 3.09. The maximum atomic E-state index is 11.8. The Balaban J connectivity index is 1.91. The summed E-state index contributed by atoms with van der Waals surface area (Å²) >= 11 is 5.74. The molecule has 1 saturated carbocycles. The van der Waals surface area contributed by atoms with Crippen LogP contribution in [0.3, 0.4) is 0 Å². The van der Waals surface area contributed by atoms with Gasteiger partial charge >= 0.3 is 0 Å².